The highest BCUT2D eigenvalue weighted by Crippen LogP contribution is 2.54. The van der Waals surface area contributed by atoms with Crippen molar-refractivity contribution in [1.82, 2.24) is 4.90 Å². The number of aliphatic hydroxyl groups is 3. The van der Waals surface area contributed by atoms with E-state index in [1.165, 1.54) is 25.9 Å². The highest BCUT2D eigenvalue weighted by atomic mass is 19.4. The standard InChI is InChI=1S/C29H36F3N3O7/c1-12(11-28(30,31)32)6-7-13-10-17(34(2)3)15-8-14-9-16-21(35(4)5)24(38)20(27(33)41)26(40)29(16,42)25(39)18(14)23(37)19(15)22(13)36/h10,12,14,16,21,36-37,40,42H,6-9,11H2,1-5H3,(H2,33,41)/t12?,14-,16-,21-,29-/m0/s1. The van der Waals surface area contributed by atoms with E-state index in [1.54, 1.807) is 25.1 Å². The number of nitrogens with zero attached hydrogens (tertiary/aromatic N) is 2. The molecule has 3 aliphatic rings. The van der Waals surface area contributed by atoms with E-state index in [-0.39, 0.29) is 42.4 Å². The van der Waals surface area contributed by atoms with Crippen LogP contribution in [0.4, 0.5) is 18.9 Å². The van der Waals surface area contributed by atoms with Gasteiger partial charge >= 0.3 is 6.18 Å². The third-order valence-electron chi connectivity index (χ3n) is 8.74. The Bertz CT molecular complexity index is 1420. The number of halogens is 3. The summed E-state index contributed by atoms with van der Waals surface area (Å²) in [6.07, 6.45) is -5.12. The molecule has 13 heteroatoms. The highest BCUT2D eigenvalue weighted by Gasteiger charge is 2.64. The van der Waals surface area contributed by atoms with Gasteiger partial charge in [-0.15, -0.1) is 0 Å². The summed E-state index contributed by atoms with van der Waals surface area (Å²) in [5.41, 5.74) is 2.64. The van der Waals surface area contributed by atoms with E-state index in [1.807, 2.05) is 0 Å². The molecule has 3 aliphatic carbocycles. The summed E-state index contributed by atoms with van der Waals surface area (Å²) in [7, 11) is 6.49. The lowest BCUT2D eigenvalue weighted by Gasteiger charge is -2.50. The number of anilines is 1. The first-order valence-electron chi connectivity index (χ1n) is 13.6. The van der Waals surface area contributed by atoms with Gasteiger partial charge in [0.05, 0.1) is 11.6 Å². The summed E-state index contributed by atoms with van der Waals surface area (Å²) in [5, 5.41) is 45.5. The van der Waals surface area contributed by atoms with E-state index >= 15 is 0 Å². The number of phenolic OH excluding ortho intramolecular Hbond substituents is 1. The number of aromatic hydroxyl groups is 1. The van der Waals surface area contributed by atoms with Gasteiger partial charge in [-0.1, -0.05) is 6.92 Å². The van der Waals surface area contributed by atoms with Crippen LogP contribution in [0, 0.1) is 17.8 Å². The van der Waals surface area contributed by atoms with E-state index in [2.05, 4.69) is 0 Å². The van der Waals surface area contributed by atoms with Gasteiger partial charge in [-0.05, 0) is 68.8 Å². The van der Waals surface area contributed by atoms with Crippen molar-refractivity contribution >= 4 is 28.9 Å². The summed E-state index contributed by atoms with van der Waals surface area (Å²) in [6, 6.07) is 0.457. The zero-order valence-electron chi connectivity index (χ0n) is 24.0. The molecular weight excluding hydrogens is 559 g/mol. The second-order valence-corrected chi connectivity index (χ2v) is 12.1. The van der Waals surface area contributed by atoms with Crippen LogP contribution in [-0.4, -0.2) is 88.8 Å². The second-order valence-electron chi connectivity index (χ2n) is 12.1. The molecule has 6 N–H and O–H groups in total. The first-order chi connectivity index (χ1) is 19.3. The Morgan fingerprint density at radius 2 is 1.79 bits per heavy atom. The lowest BCUT2D eigenvalue weighted by molar-refractivity contribution is -0.153. The van der Waals surface area contributed by atoms with Gasteiger partial charge in [-0.3, -0.25) is 19.3 Å². The van der Waals surface area contributed by atoms with Crippen LogP contribution in [0.1, 0.15) is 42.9 Å². The van der Waals surface area contributed by atoms with E-state index < -0.39 is 82.3 Å². The summed E-state index contributed by atoms with van der Waals surface area (Å²) >= 11 is 0. The number of aliphatic hydroxyl groups excluding tert-OH is 2. The molecule has 0 radical (unpaired) electrons. The fourth-order valence-corrected chi connectivity index (χ4v) is 6.83. The molecule has 0 saturated heterocycles. The Balaban J connectivity index is 1.87. The number of ketones is 2. The number of aryl methyl sites for hydroxylation is 1. The number of rotatable bonds is 7. The Labute approximate surface area is 240 Å². The van der Waals surface area contributed by atoms with Crippen molar-refractivity contribution in [2.45, 2.75) is 56.8 Å². The Hall–Kier alpha value is -3.58. The molecule has 42 heavy (non-hydrogen) atoms. The first kappa shape index (κ1) is 31.4. The van der Waals surface area contributed by atoms with E-state index in [0.29, 0.717) is 11.3 Å². The van der Waals surface area contributed by atoms with Gasteiger partial charge < -0.3 is 31.1 Å². The van der Waals surface area contributed by atoms with Gasteiger partial charge in [-0.25, -0.2) is 0 Å². The first-order valence-corrected chi connectivity index (χ1v) is 13.6. The quantitative estimate of drug-likeness (QED) is 0.298. The predicted molar refractivity (Wildman–Crippen MR) is 147 cm³/mol. The van der Waals surface area contributed by atoms with Gasteiger partial charge in [0, 0.05) is 37.7 Å². The minimum absolute atomic E-state index is 0.0455. The van der Waals surface area contributed by atoms with Crippen LogP contribution < -0.4 is 10.6 Å². The smallest absolute Gasteiger partial charge is 0.389 e. The van der Waals surface area contributed by atoms with Gasteiger partial charge in [0.25, 0.3) is 5.91 Å². The molecule has 0 aromatic heterocycles. The molecule has 10 nitrogen and oxygen atoms in total. The molecule has 1 saturated carbocycles. The number of amides is 1. The van der Waals surface area contributed by atoms with Gasteiger partial charge in [0.2, 0.25) is 5.78 Å². The van der Waals surface area contributed by atoms with E-state index in [4.69, 9.17) is 5.73 Å². The Kier molecular flexibility index (Phi) is 7.92. The fourth-order valence-electron chi connectivity index (χ4n) is 6.83. The van der Waals surface area contributed by atoms with Crippen LogP contribution in [0.5, 0.6) is 5.75 Å². The largest absolute Gasteiger partial charge is 0.508 e. The number of nitrogens with two attached hydrogens (primary N) is 1. The number of alkyl halides is 3. The summed E-state index contributed by atoms with van der Waals surface area (Å²) in [6.45, 7) is 1.45. The maximum Gasteiger partial charge on any atom is 0.389 e. The number of hydrogen-bond donors (Lipinski definition) is 5. The molecule has 0 heterocycles. The SMILES string of the molecule is CC(CCc1cc(N(C)C)c2c(c1O)C(O)=C1C(=O)[C@]3(O)C(O)=C(C(N)=O)C(=O)[C@@H](N(C)C)[C@@H]3C[C@@H]1C2)CC(F)(F)F. The average Bonchev–Trinajstić information content (AvgIpc) is 2.84. The number of benzene rings is 1. The lowest BCUT2D eigenvalue weighted by atomic mass is 9.57. The number of likely N-dealkylation sites (N-methyl/N-ethyl adjacent to an activating group) is 1. The van der Waals surface area contributed by atoms with Crippen LogP contribution in [0.15, 0.2) is 23.0 Å². The van der Waals surface area contributed by atoms with Crippen LogP contribution in [-0.2, 0) is 27.2 Å². The zero-order valence-corrected chi connectivity index (χ0v) is 24.0. The van der Waals surface area contributed by atoms with Gasteiger partial charge in [0.1, 0.15) is 22.8 Å². The molecule has 4 rings (SSSR count). The average molecular weight is 596 g/mol. The molecule has 0 spiro atoms. The van der Waals surface area contributed by atoms with Crippen molar-refractivity contribution in [2.75, 3.05) is 33.1 Å². The molecular formula is C29H36F3N3O7. The number of carbonyl (C=O) groups is 3. The maximum atomic E-state index is 14.0. The number of hydrogen-bond acceptors (Lipinski definition) is 9. The Morgan fingerprint density at radius 1 is 1.17 bits per heavy atom. The van der Waals surface area contributed by atoms with Crippen molar-refractivity contribution in [3.63, 3.8) is 0 Å². The summed E-state index contributed by atoms with van der Waals surface area (Å²) in [4.78, 5) is 42.5. The van der Waals surface area contributed by atoms with Crippen molar-refractivity contribution in [2.24, 2.45) is 23.5 Å². The number of carbonyl (C=O) groups excluding carboxylic acids is 3. The molecule has 1 aromatic rings. The monoisotopic (exact) mass is 595 g/mol. The van der Waals surface area contributed by atoms with Crippen molar-refractivity contribution in [3.05, 3.63) is 39.7 Å². The molecule has 1 amide bonds. The summed E-state index contributed by atoms with van der Waals surface area (Å²) in [5.74, 6) is -8.17. The molecule has 1 unspecified atom stereocenters. The number of fused-ring (bicyclic) bond motifs is 3. The van der Waals surface area contributed by atoms with E-state index in [0.717, 1.165) is 0 Å². The second kappa shape index (κ2) is 10.6. The molecule has 1 aromatic carbocycles. The maximum absolute atomic E-state index is 14.0. The Morgan fingerprint density at radius 3 is 2.31 bits per heavy atom. The third-order valence-corrected chi connectivity index (χ3v) is 8.74. The number of phenols is 1. The summed E-state index contributed by atoms with van der Waals surface area (Å²) < 4.78 is 38.6. The molecule has 0 bridgehead atoms. The van der Waals surface area contributed by atoms with Crippen LogP contribution in [0.2, 0.25) is 0 Å². The minimum Gasteiger partial charge on any atom is -0.508 e. The van der Waals surface area contributed by atoms with Crippen LogP contribution >= 0.6 is 0 Å². The van der Waals surface area contributed by atoms with Crippen LogP contribution in [0.25, 0.3) is 5.76 Å². The predicted octanol–water partition coefficient (Wildman–Crippen LogP) is 2.55. The number of primary amides is 1. The lowest BCUT2D eigenvalue weighted by Crippen LogP contribution is -2.65. The molecule has 0 aliphatic heterocycles. The molecule has 230 valence electrons. The van der Waals surface area contributed by atoms with Crippen LogP contribution in [0.3, 0.4) is 0 Å². The number of Topliss-reactive ketones (excluding diaryl/α,β-unsaturated/α-hetero) is 2. The molecule has 1 fully saturated rings. The topological polar surface area (TPSA) is 165 Å². The van der Waals surface area contributed by atoms with E-state index in [9.17, 15) is 48.0 Å². The molecule has 5 atom stereocenters. The van der Waals surface area contributed by atoms with Gasteiger partial charge in [0.15, 0.2) is 11.4 Å². The normalized spacial score (nSPS) is 26.7. The van der Waals surface area contributed by atoms with Gasteiger partial charge in [-0.2, -0.15) is 13.2 Å². The zero-order chi connectivity index (χ0) is 31.6. The minimum atomic E-state index is -4.34. The highest BCUT2D eigenvalue weighted by molar-refractivity contribution is 6.24. The third kappa shape index (κ3) is 4.91. The fraction of sp³-hybridized carbons (Fsp3) is 0.552. The van der Waals surface area contributed by atoms with Crippen molar-refractivity contribution in [3.8, 4) is 5.75 Å². The van der Waals surface area contributed by atoms with Crippen molar-refractivity contribution < 1.29 is 48.0 Å². The van der Waals surface area contributed by atoms with Crippen molar-refractivity contribution in [1.29, 1.82) is 0 Å².